The zero-order valence-corrected chi connectivity index (χ0v) is 11.2. The van der Waals surface area contributed by atoms with Crippen LogP contribution in [0.4, 0.5) is 22.0 Å². The van der Waals surface area contributed by atoms with Crippen LogP contribution in [0.25, 0.3) is 0 Å². The van der Waals surface area contributed by atoms with Gasteiger partial charge in [-0.25, -0.2) is 8.78 Å². The second-order valence-electron chi connectivity index (χ2n) is 4.37. The molecule has 1 atom stereocenters. The number of hydrogen-bond acceptors (Lipinski definition) is 2. The molecule has 2 rings (SSSR count). The summed E-state index contributed by atoms with van der Waals surface area (Å²) < 4.78 is 66.7. The molecule has 1 saturated heterocycles. The lowest BCUT2D eigenvalue weighted by Crippen LogP contribution is -2.49. The highest BCUT2D eigenvalue weighted by Gasteiger charge is 2.47. The van der Waals surface area contributed by atoms with Crippen molar-refractivity contribution in [1.82, 2.24) is 10.2 Å². The Hall–Kier alpha value is -0.920. The summed E-state index contributed by atoms with van der Waals surface area (Å²) in [4.78, 5) is 1.05. The number of piperazine rings is 1. The van der Waals surface area contributed by atoms with Crippen LogP contribution in [0.1, 0.15) is 11.6 Å². The van der Waals surface area contributed by atoms with Crippen molar-refractivity contribution in [3.05, 3.63) is 35.4 Å². The molecule has 114 valence electrons. The van der Waals surface area contributed by atoms with E-state index in [1.165, 1.54) is 0 Å². The van der Waals surface area contributed by atoms with Crippen LogP contribution in [0, 0.1) is 11.6 Å². The topological polar surface area (TPSA) is 15.3 Å². The van der Waals surface area contributed by atoms with Crippen LogP contribution in [-0.4, -0.2) is 37.3 Å². The van der Waals surface area contributed by atoms with Crippen LogP contribution in [0.5, 0.6) is 0 Å². The second kappa shape index (κ2) is 6.69. The molecule has 0 aromatic heterocycles. The standard InChI is InChI=1S/C12H13F5N2.ClH/c13-8-2-1-3-9(14)10(8)11(12(15,16)17)19-6-4-18-5-7-19;/h1-3,11,18H,4-7H2;1H/t11-;/m1./s1. The molecule has 2 nitrogen and oxygen atoms in total. The van der Waals surface area contributed by atoms with Crippen molar-refractivity contribution in [3.63, 3.8) is 0 Å². The first-order valence-corrected chi connectivity index (χ1v) is 5.86. The fourth-order valence-corrected chi connectivity index (χ4v) is 2.27. The molecule has 0 radical (unpaired) electrons. The maximum atomic E-state index is 13.6. The third-order valence-corrected chi connectivity index (χ3v) is 3.10. The van der Waals surface area contributed by atoms with Crippen LogP contribution >= 0.6 is 12.4 Å². The highest BCUT2D eigenvalue weighted by Crippen LogP contribution is 2.39. The smallest absolute Gasteiger partial charge is 0.314 e. The molecule has 1 aromatic rings. The van der Waals surface area contributed by atoms with Crippen molar-refractivity contribution in [3.8, 4) is 0 Å². The SMILES string of the molecule is Cl.Fc1cccc(F)c1[C@@H](N1CCNCC1)C(F)(F)F. The first-order valence-electron chi connectivity index (χ1n) is 5.86. The van der Waals surface area contributed by atoms with Crippen molar-refractivity contribution in [1.29, 1.82) is 0 Å². The molecule has 20 heavy (non-hydrogen) atoms. The van der Waals surface area contributed by atoms with E-state index in [4.69, 9.17) is 0 Å². The average Bonchev–Trinajstić information content (AvgIpc) is 2.33. The van der Waals surface area contributed by atoms with E-state index in [2.05, 4.69) is 5.32 Å². The zero-order chi connectivity index (χ0) is 14.0. The monoisotopic (exact) mass is 316 g/mol. The molecule has 0 saturated carbocycles. The average molecular weight is 317 g/mol. The van der Waals surface area contributed by atoms with E-state index in [1.54, 1.807) is 0 Å². The Kier molecular flexibility index (Phi) is 5.73. The van der Waals surface area contributed by atoms with Gasteiger partial charge in [0, 0.05) is 31.7 Å². The number of alkyl halides is 3. The second-order valence-corrected chi connectivity index (χ2v) is 4.37. The molecule has 0 amide bonds. The Bertz CT molecular complexity index is 426. The van der Waals surface area contributed by atoms with Crippen LogP contribution < -0.4 is 5.32 Å². The van der Waals surface area contributed by atoms with E-state index >= 15 is 0 Å². The van der Waals surface area contributed by atoms with E-state index in [-0.39, 0.29) is 25.5 Å². The van der Waals surface area contributed by atoms with Gasteiger partial charge in [0.2, 0.25) is 0 Å². The van der Waals surface area contributed by atoms with Crippen molar-refractivity contribution in [2.75, 3.05) is 26.2 Å². The normalized spacial score (nSPS) is 18.4. The number of halogens is 6. The predicted molar refractivity (Wildman–Crippen MR) is 66.8 cm³/mol. The molecule has 1 aromatic carbocycles. The van der Waals surface area contributed by atoms with Gasteiger partial charge in [0.25, 0.3) is 0 Å². The Balaban J connectivity index is 0.00000200. The van der Waals surface area contributed by atoms with Crippen molar-refractivity contribution in [2.24, 2.45) is 0 Å². The molecular formula is C12H14ClF5N2. The quantitative estimate of drug-likeness (QED) is 0.844. The van der Waals surface area contributed by atoms with Gasteiger partial charge in [-0.15, -0.1) is 12.4 Å². The van der Waals surface area contributed by atoms with Crippen LogP contribution in [-0.2, 0) is 0 Å². The van der Waals surface area contributed by atoms with E-state index in [9.17, 15) is 22.0 Å². The molecule has 1 N–H and O–H groups in total. The number of nitrogens with one attached hydrogen (secondary N) is 1. The fourth-order valence-electron chi connectivity index (χ4n) is 2.27. The molecule has 1 aliphatic rings. The van der Waals surface area contributed by atoms with Gasteiger partial charge in [-0.2, -0.15) is 13.2 Å². The van der Waals surface area contributed by atoms with Gasteiger partial charge < -0.3 is 5.32 Å². The highest BCUT2D eigenvalue weighted by molar-refractivity contribution is 5.85. The number of benzene rings is 1. The summed E-state index contributed by atoms with van der Waals surface area (Å²) in [7, 11) is 0. The minimum Gasteiger partial charge on any atom is -0.314 e. The van der Waals surface area contributed by atoms with Crippen molar-refractivity contribution in [2.45, 2.75) is 12.2 Å². The summed E-state index contributed by atoms with van der Waals surface area (Å²) in [5, 5.41) is 2.91. The Morgan fingerprint density at radius 3 is 2.00 bits per heavy atom. The fraction of sp³-hybridized carbons (Fsp3) is 0.500. The van der Waals surface area contributed by atoms with Gasteiger partial charge in [-0.05, 0) is 12.1 Å². The third-order valence-electron chi connectivity index (χ3n) is 3.10. The van der Waals surface area contributed by atoms with Gasteiger partial charge in [0.1, 0.15) is 17.7 Å². The summed E-state index contributed by atoms with van der Waals surface area (Å²) in [6.07, 6.45) is -4.72. The Morgan fingerprint density at radius 2 is 1.55 bits per heavy atom. The molecule has 1 heterocycles. The Labute approximate surface area is 119 Å². The van der Waals surface area contributed by atoms with Gasteiger partial charge in [-0.3, -0.25) is 4.90 Å². The van der Waals surface area contributed by atoms with E-state index in [0.29, 0.717) is 13.1 Å². The van der Waals surface area contributed by atoms with Crippen LogP contribution in [0.3, 0.4) is 0 Å². The molecule has 0 spiro atoms. The predicted octanol–water partition coefficient (Wildman–Crippen LogP) is 2.90. The van der Waals surface area contributed by atoms with Crippen molar-refractivity contribution >= 4 is 12.4 Å². The van der Waals surface area contributed by atoms with Crippen molar-refractivity contribution < 1.29 is 22.0 Å². The van der Waals surface area contributed by atoms with Crippen LogP contribution in [0.15, 0.2) is 18.2 Å². The maximum absolute atomic E-state index is 13.6. The Morgan fingerprint density at radius 1 is 1.05 bits per heavy atom. The molecule has 1 aliphatic heterocycles. The summed E-state index contributed by atoms with van der Waals surface area (Å²) in [5.41, 5.74) is -0.920. The van der Waals surface area contributed by atoms with E-state index in [0.717, 1.165) is 23.1 Å². The summed E-state index contributed by atoms with van der Waals surface area (Å²) >= 11 is 0. The summed E-state index contributed by atoms with van der Waals surface area (Å²) in [6.45, 7) is 0.918. The molecule has 1 fully saturated rings. The number of hydrogen-bond donors (Lipinski definition) is 1. The maximum Gasteiger partial charge on any atom is 0.408 e. The van der Waals surface area contributed by atoms with Gasteiger partial charge in [0.15, 0.2) is 0 Å². The van der Waals surface area contributed by atoms with Gasteiger partial charge in [0.05, 0.1) is 0 Å². The first-order chi connectivity index (χ1) is 8.91. The third kappa shape index (κ3) is 3.59. The number of nitrogens with zero attached hydrogens (tertiary/aromatic N) is 1. The van der Waals surface area contributed by atoms with E-state index in [1.807, 2.05) is 0 Å². The minimum absolute atomic E-state index is 0. The summed E-state index contributed by atoms with van der Waals surface area (Å²) in [5.74, 6) is -2.33. The first kappa shape index (κ1) is 17.1. The molecular weight excluding hydrogens is 303 g/mol. The molecule has 0 aliphatic carbocycles. The van der Waals surface area contributed by atoms with E-state index < -0.39 is 29.4 Å². The molecule has 0 unspecified atom stereocenters. The minimum atomic E-state index is -4.72. The van der Waals surface area contributed by atoms with Gasteiger partial charge >= 0.3 is 6.18 Å². The zero-order valence-electron chi connectivity index (χ0n) is 10.4. The highest BCUT2D eigenvalue weighted by atomic mass is 35.5. The molecule has 8 heteroatoms. The lowest BCUT2D eigenvalue weighted by atomic mass is 10.0. The lowest BCUT2D eigenvalue weighted by Gasteiger charge is -2.36. The lowest BCUT2D eigenvalue weighted by molar-refractivity contribution is -0.189. The van der Waals surface area contributed by atoms with Crippen LogP contribution in [0.2, 0.25) is 0 Å². The number of rotatable bonds is 2. The molecule has 0 bridgehead atoms. The van der Waals surface area contributed by atoms with Gasteiger partial charge in [-0.1, -0.05) is 6.07 Å². The largest absolute Gasteiger partial charge is 0.408 e. The summed E-state index contributed by atoms with van der Waals surface area (Å²) in [6, 6.07) is 0.508.